The van der Waals surface area contributed by atoms with E-state index in [9.17, 15) is 22.8 Å². The molecule has 24 heavy (non-hydrogen) atoms. The first-order valence-electron chi connectivity index (χ1n) is 7.22. The Bertz CT molecular complexity index is 767. The van der Waals surface area contributed by atoms with Gasteiger partial charge in [-0.05, 0) is 32.9 Å². The summed E-state index contributed by atoms with van der Waals surface area (Å²) in [6, 6.07) is 6.07. The number of hydroxylamine groups is 2. The maximum atomic E-state index is 12.4. The molecule has 9 heteroatoms. The first-order valence-corrected chi connectivity index (χ1v) is 8.70. The number of aryl methyl sites for hydroxylation is 1. The van der Waals surface area contributed by atoms with Crippen LogP contribution >= 0.6 is 0 Å². The van der Waals surface area contributed by atoms with Gasteiger partial charge in [-0.25, -0.2) is 13.2 Å². The molecular formula is C15H18N2O6S. The molecule has 0 aromatic heterocycles. The molecule has 1 aromatic rings. The maximum Gasteiger partial charge on any atom is 0.353 e. The summed E-state index contributed by atoms with van der Waals surface area (Å²) in [6.07, 6.45) is -0.0801. The lowest BCUT2D eigenvalue weighted by atomic mass is 10.1. The van der Waals surface area contributed by atoms with Crippen LogP contribution in [-0.4, -0.2) is 36.8 Å². The highest BCUT2D eigenvalue weighted by Gasteiger charge is 2.40. The Labute approximate surface area is 139 Å². The minimum atomic E-state index is -3.98. The van der Waals surface area contributed by atoms with Crippen molar-refractivity contribution in [1.82, 2.24) is 9.79 Å². The molecule has 130 valence electrons. The second kappa shape index (κ2) is 6.33. The number of sulfonamides is 1. The Balaban J connectivity index is 2.14. The summed E-state index contributed by atoms with van der Waals surface area (Å²) in [5.41, 5.74) is -0.786. The molecular weight excluding hydrogens is 336 g/mol. The SMILES string of the molecule is Cc1ccc(S(=O)(=O)NC(C)(C)C(=O)ON2C(=O)CCC2=O)cc1. The number of carbonyl (C=O) groups is 3. The molecule has 0 atom stereocenters. The van der Waals surface area contributed by atoms with E-state index in [4.69, 9.17) is 4.84 Å². The summed E-state index contributed by atoms with van der Waals surface area (Å²) in [7, 11) is -3.98. The van der Waals surface area contributed by atoms with Gasteiger partial charge in [0.25, 0.3) is 11.8 Å². The van der Waals surface area contributed by atoms with E-state index in [0.717, 1.165) is 5.56 Å². The molecule has 1 N–H and O–H groups in total. The minimum Gasteiger partial charge on any atom is -0.328 e. The number of nitrogens with zero attached hydrogens (tertiary/aromatic N) is 1. The van der Waals surface area contributed by atoms with Crippen LogP contribution in [-0.2, 0) is 29.2 Å². The van der Waals surface area contributed by atoms with Gasteiger partial charge in [0, 0.05) is 12.8 Å². The quantitative estimate of drug-likeness (QED) is 0.778. The number of rotatable bonds is 5. The molecule has 1 heterocycles. The van der Waals surface area contributed by atoms with Crippen LogP contribution in [0.5, 0.6) is 0 Å². The van der Waals surface area contributed by atoms with Gasteiger partial charge < -0.3 is 4.84 Å². The Hall–Kier alpha value is -2.26. The molecule has 0 bridgehead atoms. The van der Waals surface area contributed by atoms with Crippen molar-refractivity contribution in [2.75, 3.05) is 0 Å². The topological polar surface area (TPSA) is 110 Å². The average Bonchev–Trinajstić information content (AvgIpc) is 2.78. The second-order valence-electron chi connectivity index (χ2n) is 6.00. The third-order valence-corrected chi connectivity index (χ3v) is 5.08. The highest BCUT2D eigenvalue weighted by Crippen LogP contribution is 2.18. The predicted molar refractivity (Wildman–Crippen MR) is 82.8 cm³/mol. The van der Waals surface area contributed by atoms with Crippen molar-refractivity contribution in [2.24, 2.45) is 0 Å². The molecule has 0 saturated carbocycles. The number of carbonyl (C=O) groups excluding carboxylic acids is 3. The van der Waals surface area contributed by atoms with Gasteiger partial charge in [0.05, 0.1) is 4.90 Å². The van der Waals surface area contributed by atoms with Crippen LogP contribution < -0.4 is 4.72 Å². The first kappa shape index (κ1) is 18.1. The van der Waals surface area contributed by atoms with E-state index < -0.39 is 33.3 Å². The fourth-order valence-electron chi connectivity index (χ4n) is 2.01. The molecule has 0 spiro atoms. The van der Waals surface area contributed by atoms with Crippen LogP contribution in [0.1, 0.15) is 32.3 Å². The summed E-state index contributed by atoms with van der Waals surface area (Å²) < 4.78 is 26.9. The molecule has 1 aromatic carbocycles. The Morgan fingerprint density at radius 1 is 1.12 bits per heavy atom. The standard InChI is InChI=1S/C15H18N2O6S/c1-10-4-6-11(7-5-10)24(21,22)16-15(2,3)14(20)23-17-12(18)8-9-13(17)19/h4-7,16H,8-9H2,1-3H3. The average molecular weight is 354 g/mol. The monoisotopic (exact) mass is 354 g/mol. The van der Waals surface area contributed by atoms with E-state index in [1.54, 1.807) is 12.1 Å². The van der Waals surface area contributed by atoms with Gasteiger partial charge in [0.15, 0.2) is 0 Å². The third kappa shape index (κ3) is 3.80. The number of hydrogen-bond donors (Lipinski definition) is 1. The van der Waals surface area contributed by atoms with Crippen molar-refractivity contribution in [3.05, 3.63) is 29.8 Å². The van der Waals surface area contributed by atoms with E-state index in [1.807, 2.05) is 6.92 Å². The van der Waals surface area contributed by atoms with Crippen LogP contribution in [0, 0.1) is 6.92 Å². The molecule has 1 fully saturated rings. The molecule has 1 aliphatic rings. The third-order valence-electron chi connectivity index (χ3n) is 3.41. The molecule has 2 rings (SSSR count). The van der Waals surface area contributed by atoms with Crippen molar-refractivity contribution in [3.63, 3.8) is 0 Å². The van der Waals surface area contributed by atoms with Crippen LogP contribution in [0.15, 0.2) is 29.2 Å². The van der Waals surface area contributed by atoms with Gasteiger partial charge in [0.2, 0.25) is 10.0 Å². The van der Waals surface area contributed by atoms with Crippen molar-refractivity contribution in [2.45, 2.75) is 44.0 Å². The number of amides is 2. The summed E-state index contributed by atoms with van der Waals surface area (Å²) in [4.78, 5) is 39.9. The van der Waals surface area contributed by atoms with E-state index in [-0.39, 0.29) is 17.7 Å². The predicted octanol–water partition coefficient (Wildman–Crippen LogP) is 0.659. The zero-order valence-corrected chi connectivity index (χ0v) is 14.3. The Morgan fingerprint density at radius 3 is 2.12 bits per heavy atom. The van der Waals surface area contributed by atoms with Crippen molar-refractivity contribution < 1.29 is 27.6 Å². The van der Waals surface area contributed by atoms with Gasteiger partial charge >= 0.3 is 5.97 Å². The van der Waals surface area contributed by atoms with E-state index in [0.29, 0.717) is 5.06 Å². The van der Waals surface area contributed by atoms with Gasteiger partial charge in [0.1, 0.15) is 5.54 Å². The molecule has 2 amide bonds. The second-order valence-corrected chi connectivity index (χ2v) is 7.69. The van der Waals surface area contributed by atoms with Gasteiger partial charge in [-0.15, -0.1) is 5.06 Å². The van der Waals surface area contributed by atoms with Gasteiger partial charge in [-0.3, -0.25) is 9.59 Å². The molecule has 0 radical (unpaired) electrons. The minimum absolute atomic E-state index is 0.0118. The lowest BCUT2D eigenvalue weighted by molar-refractivity contribution is -0.201. The Kier molecular flexibility index (Phi) is 4.77. The van der Waals surface area contributed by atoms with E-state index >= 15 is 0 Å². The van der Waals surface area contributed by atoms with Crippen molar-refractivity contribution in [1.29, 1.82) is 0 Å². The first-order chi connectivity index (χ1) is 11.0. The van der Waals surface area contributed by atoms with Gasteiger partial charge in [-0.1, -0.05) is 17.7 Å². The number of nitrogens with one attached hydrogen (secondary N) is 1. The normalized spacial score (nSPS) is 15.7. The summed E-state index contributed by atoms with van der Waals surface area (Å²) in [5.74, 6) is -2.32. The highest BCUT2D eigenvalue weighted by atomic mass is 32.2. The number of hydrogen-bond acceptors (Lipinski definition) is 6. The van der Waals surface area contributed by atoms with E-state index in [1.165, 1.54) is 26.0 Å². The van der Waals surface area contributed by atoms with Crippen LogP contribution in [0.4, 0.5) is 0 Å². The molecule has 0 unspecified atom stereocenters. The zero-order chi connectivity index (χ0) is 18.1. The van der Waals surface area contributed by atoms with Crippen LogP contribution in [0.25, 0.3) is 0 Å². The number of benzene rings is 1. The molecule has 1 aliphatic heterocycles. The molecule has 8 nitrogen and oxygen atoms in total. The smallest absolute Gasteiger partial charge is 0.328 e. The lowest BCUT2D eigenvalue weighted by Gasteiger charge is -2.25. The van der Waals surface area contributed by atoms with Crippen LogP contribution in [0.2, 0.25) is 0 Å². The summed E-state index contributed by atoms with van der Waals surface area (Å²) in [5, 5.41) is 0.379. The fraction of sp³-hybridized carbons (Fsp3) is 0.400. The van der Waals surface area contributed by atoms with Crippen LogP contribution in [0.3, 0.4) is 0 Å². The molecule has 1 saturated heterocycles. The largest absolute Gasteiger partial charge is 0.353 e. The fourth-order valence-corrected chi connectivity index (χ4v) is 3.38. The maximum absolute atomic E-state index is 12.4. The van der Waals surface area contributed by atoms with E-state index in [2.05, 4.69) is 4.72 Å². The zero-order valence-electron chi connectivity index (χ0n) is 13.5. The lowest BCUT2D eigenvalue weighted by Crippen LogP contribution is -2.52. The summed E-state index contributed by atoms with van der Waals surface area (Å²) in [6.45, 7) is 4.38. The Morgan fingerprint density at radius 2 is 1.62 bits per heavy atom. The number of imide groups is 1. The molecule has 0 aliphatic carbocycles. The highest BCUT2D eigenvalue weighted by molar-refractivity contribution is 7.89. The van der Waals surface area contributed by atoms with Crippen molar-refractivity contribution >= 4 is 27.8 Å². The summed E-state index contributed by atoms with van der Waals surface area (Å²) >= 11 is 0. The van der Waals surface area contributed by atoms with Crippen molar-refractivity contribution in [3.8, 4) is 0 Å². The van der Waals surface area contributed by atoms with Gasteiger partial charge in [-0.2, -0.15) is 4.72 Å².